The fraction of sp³-hybridized carbons (Fsp3) is 0.316. The lowest BCUT2D eigenvalue weighted by Gasteiger charge is -2.34. The number of halogens is 1. The SMILES string of the molecule is CC1CN(S(=O)(=O)c2cccc(C(=O)Oc3ccc(F)cc3)c2)CC(C)O1. The molecule has 27 heavy (non-hydrogen) atoms. The van der Waals surface area contributed by atoms with Crippen molar-refractivity contribution in [2.24, 2.45) is 0 Å². The average molecular weight is 393 g/mol. The summed E-state index contributed by atoms with van der Waals surface area (Å²) >= 11 is 0. The van der Waals surface area contributed by atoms with Crippen molar-refractivity contribution in [1.82, 2.24) is 4.31 Å². The van der Waals surface area contributed by atoms with E-state index in [9.17, 15) is 17.6 Å². The van der Waals surface area contributed by atoms with Gasteiger partial charge in [-0.2, -0.15) is 4.31 Å². The van der Waals surface area contributed by atoms with Crippen LogP contribution in [0.15, 0.2) is 53.4 Å². The van der Waals surface area contributed by atoms with Crippen molar-refractivity contribution < 1.29 is 27.1 Å². The van der Waals surface area contributed by atoms with Gasteiger partial charge in [-0.3, -0.25) is 0 Å². The third-order valence-corrected chi connectivity index (χ3v) is 5.95. The molecule has 0 bridgehead atoms. The number of hydrogen-bond acceptors (Lipinski definition) is 5. The number of rotatable bonds is 4. The Kier molecular flexibility index (Phi) is 5.59. The zero-order valence-corrected chi connectivity index (χ0v) is 15.8. The molecule has 2 atom stereocenters. The third kappa shape index (κ3) is 4.52. The molecule has 1 aliphatic rings. The number of benzene rings is 2. The molecule has 0 aliphatic carbocycles. The molecule has 0 spiro atoms. The first-order chi connectivity index (χ1) is 12.8. The number of carbonyl (C=O) groups is 1. The van der Waals surface area contributed by atoms with Crippen LogP contribution in [-0.2, 0) is 14.8 Å². The number of sulfonamides is 1. The smallest absolute Gasteiger partial charge is 0.343 e. The van der Waals surface area contributed by atoms with Crippen LogP contribution in [0.1, 0.15) is 24.2 Å². The van der Waals surface area contributed by atoms with Crippen LogP contribution >= 0.6 is 0 Å². The molecule has 0 amide bonds. The minimum atomic E-state index is -3.77. The molecule has 2 aromatic carbocycles. The quantitative estimate of drug-likeness (QED) is 0.590. The molecule has 0 saturated carbocycles. The maximum absolute atomic E-state index is 12.9. The van der Waals surface area contributed by atoms with Crippen molar-refractivity contribution in [1.29, 1.82) is 0 Å². The summed E-state index contributed by atoms with van der Waals surface area (Å²) in [7, 11) is -3.77. The summed E-state index contributed by atoms with van der Waals surface area (Å²) in [6.45, 7) is 4.12. The summed E-state index contributed by atoms with van der Waals surface area (Å²) in [6, 6.07) is 10.7. The normalized spacial score (nSPS) is 21.0. The van der Waals surface area contributed by atoms with Crippen LogP contribution in [0, 0.1) is 5.82 Å². The Bertz CT molecular complexity index is 919. The van der Waals surface area contributed by atoms with Crippen LogP contribution in [0.4, 0.5) is 4.39 Å². The maximum Gasteiger partial charge on any atom is 0.343 e. The Labute approximate surface area is 157 Å². The van der Waals surface area contributed by atoms with E-state index in [1.54, 1.807) is 0 Å². The number of esters is 1. The molecule has 2 unspecified atom stereocenters. The Morgan fingerprint density at radius 2 is 1.74 bits per heavy atom. The van der Waals surface area contributed by atoms with Gasteiger partial charge in [-0.1, -0.05) is 6.07 Å². The molecule has 0 N–H and O–H groups in total. The molecule has 6 nitrogen and oxygen atoms in total. The Balaban J connectivity index is 1.82. The molecule has 144 valence electrons. The fourth-order valence-electron chi connectivity index (χ4n) is 2.93. The van der Waals surface area contributed by atoms with Crippen LogP contribution in [0.2, 0.25) is 0 Å². The highest BCUT2D eigenvalue weighted by atomic mass is 32.2. The third-order valence-electron chi connectivity index (χ3n) is 4.12. The summed E-state index contributed by atoms with van der Waals surface area (Å²) in [5.74, 6) is -0.996. The van der Waals surface area contributed by atoms with Crippen LogP contribution < -0.4 is 4.74 Å². The first kappa shape index (κ1) is 19.5. The predicted molar refractivity (Wildman–Crippen MR) is 96.6 cm³/mol. The van der Waals surface area contributed by atoms with E-state index in [1.165, 1.54) is 52.8 Å². The van der Waals surface area contributed by atoms with Gasteiger partial charge in [0.1, 0.15) is 11.6 Å². The van der Waals surface area contributed by atoms with Crippen molar-refractivity contribution in [3.05, 3.63) is 59.9 Å². The van der Waals surface area contributed by atoms with Gasteiger partial charge >= 0.3 is 5.97 Å². The number of morpholine rings is 1. The lowest BCUT2D eigenvalue weighted by Crippen LogP contribution is -2.48. The van der Waals surface area contributed by atoms with Gasteiger partial charge in [0.15, 0.2) is 0 Å². The van der Waals surface area contributed by atoms with Gasteiger partial charge in [0, 0.05) is 13.1 Å². The fourth-order valence-corrected chi connectivity index (χ4v) is 4.57. The second kappa shape index (κ2) is 7.75. The number of nitrogens with zero attached hydrogens (tertiary/aromatic N) is 1. The van der Waals surface area contributed by atoms with Crippen LogP contribution in [0.5, 0.6) is 5.75 Å². The van der Waals surface area contributed by atoms with Gasteiger partial charge < -0.3 is 9.47 Å². The number of carbonyl (C=O) groups excluding carboxylic acids is 1. The number of hydrogen-bond donors (Lipinski definition) is 0. The van der Waals surface area contributed by atoms with Gasteiger partial charge in [0.05, 0.1) is 22.7 Å². The van der Waals surface area contributed by atoms with E-state index >= 15 is 0 Å². The molecule has 8 heteroatoms. The van der Waals surface area contributed by atoms with Crippen molar-refractivity contribution in [2.75, 3.05) is 13.1 Å². The van der Waals surface area contributed by atoms with E-state index in [2.05, 4.69) is 0 Å². The second-order valence-electron chi connectivity index (χ2n) is 6.45. The van der Waals surface area contributed by atoms with Crippen molar-refractivity contribution in [3.63, 3.8) is 0 Å². The highest BCUT2D eigenvalue weighted by molar-refractivity contribution is 7.89. The van der Waals surface area contributed by atoms with Crippen LogP contribution in [-0.4, -0.2) is 44.0 Å². The highest BCUT2D eigenvalue weighted by Gasteiger charge is 2.32. The van der Waals surface area contributed by atoms with Crippen LogP contribution in [0.25, 0.3) is 0 Å². The molecule has 1 aliphatic heterocycles. The molecular formula is C19H20FNO5S. The maximum atomic E-state index is 12.9. The van der Waals surface area contributed by atoms with Gasteiger partial charge in [-0.25, -0.2) is 17.6 Å². The largest absolute Gasteiger partial charge is 0.423 e. The molecule has 1 saturated heterocycles. The molecule has 0 radical (unpaired) electrons. The van der Waals surface area contributed by atoms with E-state index in [1.807, 2.05) is 13.8 Å². The molecular weight excluding hydrogens is 373 g/mol. The standard InChI is InChI=1S/C19H20FNO5S/c1-13-11-21(12-14(2)25-13)27(23,24)18-5-3-4-15(10-18)19(22)26-17-8-6-16(20)7-9-17/h3-10,13-14H,11-12H2,1-2H3. The summed E-state index contributed by atoms with van der Waals surface area (Å²) in [4.78, 5) is 12.3. The van der Waals surface area contributed by atoms with Gasteiger partial charge in [0.25, 0.3) is 0 Å². The first-order valence-electron chi connectivity index (χ1n) is 8.49. The molecule has 3 rings (SSSR count). The average Bonchev–Trinajstić information content (AvgIpc) is 2.63. The Morgan fingerprint density at radius 3 is 2.37 bits per heavy atom. The van der Waals surface area contributed by atoms with Gasteiger partial charge in [-0.05, 0) is 56.3 Å². The molecule has 1 fully saturated rings. The number of ether oxygens (including phenoxy) is 2. The lowest BCUT2D eigenvalue weighted by molar-refractivity contribution is -0.0440. The summed E-state index contributed by atoms with van der Waals surface area (Å²) in [5.41, 5.74) is 0.0924. The van der Waals surface area contributed by atoms with Gasteiger partial charge in [-0.15, -0.1) is 0 Å². The minimum Gasteiger partial charge on any atom is -0.423 e. The Morgan fingerprint density at radius 1 is 1.11 bits per heavy atom. The lowest BCUT2D eigenvalue weighted by atomic mass is 10.2. The van der Waals surface area contributed by atoms with E-state index in [4.69, 9.17) is 9.47 Å². The Hall–Kier alpha value is -2.29. The van der Waals surface area contributed by atoms with E-state index in [0.717, 1.165) is 0 Å². The molecule has 1 heterocycles. The summed E-state index contributed by atoms with van der Waals surface area (Å²) in [5, 5.41) is 0. The van der Waals surface area contributed by atoms with Crippen molar-refractivity contribution in [2.45, 2.75) is 31.0 Å². The highest BCUT2D eigenvalue weighted by Crippen LogP contribution is 2.22. The summed E-state index contributed by atoms with van der Waals surface area (Å²) < 4.78 is 50.9. The topological polar surface area (TPSA) is 72.9 Å². The van der Waals surface area contributed by atoms with Gasteiger partial charge in [0.2, 0.25) is 10.0 Å². The monoisotopic (exact) mass is 393 g/mol. The van der Waals surface area contributed by atoms with Crippen molar-refractivity contribution in [3.8, 4) is 5.75 Å². The molecule has 0 aromatic heterocycles. The zero-order chi connectivity index (χ0) is 19.6. The van der Waals surface area contributed by atoms with Crippen molar-refractivity contribution >= 4 is 16.0 Å². The zero-order valence-electron chi connectivity index (χ0n) is 15.0. The van der Waals surface area contributed by atoms with E-state index < -0.39 is 21.8 Å². The minimum absolute atomic E-state index is 0.0114. The van der Waals surface area contributed by atoms with E-state index in [-0.39, 0.29) is 41.5 Å². The summed E-state index contributed by atoms with van der Waals surface area (Å²) in [6.07, 6.45) is -0.426. The van der Waals surface area contributed by atoms with E-state index in [0.29, 0.717) is 0 Å². The first-order valence-corrected chi connectivity index (χ1v) is 9.93. The molecule has 2 aromatic rings. The predicted octanol–water partition coefficient (Wildman–Crippen LogP) is 2.84. The van der Waals surface area contributed by atoms with Crippen LogP contribution in [0.3, 0.4) is 0 Å². The second-order valence-corrected chi connectivity index (χ2v) is 8.39.